The number of nitrogens with two attached hydrogens (primary N) is 2. The number of hydrogen-bond acceptors (Lipinski definition) is 6. The van der Waals surface area contributed by atoms with Gasteiger partial charge in [-0.25, -0.2) is 4.98 Å². The Bertz CT molecular complexity index is 1650. The second-order valence-corrected chi connectivity index (χ2v) is 9.03. The van der Waals surface area contributed by atoms with E-state index in [0.29, 0.717) is 34.5 Å². The minimum atomic E-state index is -0.649. The first-order valence-corrected chi connectivity index (χ1v) is 12.0. The van der Waals surface area contributed by atoms with E-state index < -0.39 is 11.9 Å². The van der Waals surface area contributed by atoms with Gasteiger partial charge in [-0.15, -0.1) is 0 Å². The quantitative estimate of drug-likeness (QED) is 0.204. The van der Waals surface area contributed by atoms with Gasteiger partial charge in [0.15, 0.2) is 5.82 Å². The molecule has 0 aliphatic rings. The predicted molar refractivity (Wildman–Crippen MR) is 145 cm³/mol. The number of imidazole rings is 1. The standard InChI is InChI=1S/C27H24ClN7O3/c1-38-21-13-16(8-10-18(21)25(30)36)27(37)31-20(11-14-5-3-2-4-6-14)26-32-22(23(28)33-26)15-7-9-17-19(12-15)34-35-24(17)29/h2-10,12-13,20H,11H2,1H3,(H2,30,36)(H,31,37)(H,32,33)(H3,29,34,35)/t20-/m0/s1. The van der Waals surface area contributed by atoms with Crippen molar-refractivity contribution >= 4 is 40.1 Å². The Balaban J connectivity index is 1.48. The number of aromatic nitrogens is 4. The molecule has 5 aromatic rings. The number of benzene rings is 3. The van der Waals surface area contributed by atoms with Crippen LogP contribution in [-0.2, 0) is 6.42 Å². The smallest absolute Gasteiger partial charge is 0.252 e. The molecule has 0 saturated heterocycles. The molecule has 7 N–H and O–H groups in total. The lowest BCUT2D eigenvalue weighted by molar-refractivity contribution is 0.0932. The Morgan fingerprint density at radius 2 is 1.89 bits per heavy atom. The fourth-order valence-electron chi connectivity index (χ4n) is 4.26. The Hall–Kier alpha value is -4.83. The van der Waals surface area contributed by atoms with Gasteiger partial charge in [0.1, 0.15) is 22.4 Å². The number of H-pyrrole nitrogens is 2. The summed E-state index contributed by atoms with van der Waals surface area (Å²) >= 11 is 6.58. The van der Waals surface area contributed by atoms with Gasteiger partial charge in [-0.2, -0.15) is 5.10 Å². The number of hydrogen-bond donors (Lipinski definition) is 5. The van der Waals surface area contributed by atoms with Crippen LogP contribution in [0.1, 0.15) is 38.1 Å². The molecule has 1 atom stereocenters. The zero-order valence-electron chi connectivity index (χ0n) is 20.3. The summed E-state index contributed by atoms with van der Waals surface area (Å²) in [5.74, 6) is 0.0646. The van der Waals surface area contributed by atoms with Gasteiger partial charge in [-0.05, 0) is 42.3 Å². The van der Waals surface area contributed by atoms with Gasteiger partial charge in [-0.1, -0.05) is 48.0 Å². The Morgan fingerprint density at radius 3 is 2.63 bits per heavy atom. The zero-order chi connectivity index (χ0) is 26.8. The second-order valence-electron chi connectivity index (χ2n) is 8.65. The zero-order valence-corrected chi connectivity index (χ0v) is 21.0. The average Bonchev–Trinajstić information content (AvgIpc) is 3.50. The summed E-state index contributed by atoms with van der Waals surface area (Å²) in [6, 6.07) is 19.2. The molecular weight excluding hydrogens is 506 g/mol. The van der Waals surface area contributed by atoms with E-state index in [1.54, 1.807) is 0 Å². The van der Waals surface area contributed by atoms with Crippen LogP contribution < -0.4 is 21.5 Å². The van der Waals surface area contributed by atoms with E-state index in [-0.39, 0.29) is 17.2 Å². The number of fused-ring (bicyclic) bond motifs is 1. The minimum absolute atomic E-state index is 0.184. The molecule has 0 saturated carbocycles. The second kappa shape index (κ2) is 10.3. The molecule has 0 spiro atoms. The van der Waals surface area contributed by atoms with Gasteiger partial charge < -0.3 is 26.5 Å². The number of nitrogens with one attached hydrogen (secondary N) is 3. The van der Waals surface area contributed by atoms with E-state index in [2.05, 4.69) is 20.5 Å². The molecular formula is C27H24ClN7O3. The third kappa shape index (κ3) is 4.89. The highest BCUT2D eigenvalue weighted by molar-refractivity contribution is 6.32. The normalized spacial score (nSPS) is 11.8. The van der Waals surface area contributed by atoms with Crippen molar-refractivity contribution < 1.29 is 14.3 Å². The minimum Gasteiger partial charge on any atom is -0.496 e. The highest BCUT2D eigenvalue weighted by atomic mass is 35.5. The SMILES string of the molecule is COc1cc(C(=O)N[C@@H](Cc2ccccc2)c2nc(-c3ccc4c(N)n[nH]c4c3)c(Cl)[nH]2)ccc1C(N)=O. The van der Waals surface area contributed by atoms with E-state index in [4.69, 9.17) is 32.8 Å². The number of halogens is 1. The lowest BCUT2D eigenvalue weighted by Crippen LogP contribution is -2.31. The summed E-state index contributed by atoms with van der Waals surface area (Å²) in [7, 11) is 1.41. The van der Waals surface area contributed by atoms with E-state index in [1.165, 1.54) is 25.3 Å². The number of anilines is 1. The number of carbonyl (C=O) groups excluding carboxylic acids is 2. The first-order chi connectivity index (χ1) is 18.3. The highest BCUT2D eigenvalue weighted by Gasteiger charge is 2.23. The van der Waals surface area contributed by atoms with Crippen LogP contribution >= 0.6 is 11.6 Å². The van der Waals surface area contributed by atoms with Crippen molar-refractivity contribution in [2.75, 3.05) is 12.8 Å². The first kappa shape index (κ1) is 24.8. The maximum atomic E-state index is 13.3. The summed E-state index contributed by atoms with van der Waals surface area (Å²) in [6.45, 7) is 0. The maximum Gasteiger partial charge on any atom is 0.252 e. The monoisotopic (exact) mass is 529 g/mol. The number of nitrogen functional groups attached to an aromatic ring is 1. The molecule has 0 unspecified atom stereocenters. The van der Waals surface area contributed by atoms with Crippen LogP contribution in [0.15, 0.2) is 66.7 Å². The van der Waals surface area contributed by atoms with Crippen LogP contribution in [0.5, 0.6) is 5.75 Å². The van der Waals surface area contributed by atoms with Crippen molar-refractivity contribution in [2.24, 2.45) is 5.73 Å². The number of methoxy groups -OCH3 is 1. The maximum absolute atomic E-state index is 13.3. The summed E-state index contributed by atoms with van der Waals surface area (Å²) in [5, 5.41) is 11.1. The van der Waals surface area contributed by atoms with E-state index in [9.17, 15) is 9.59 Å². The molecule has 10 nitrogen and oxygen atoms in total. The third-order valence-electron chi connectivity index (χ3n) is 6.19. The summed E-state index contributed by atoms with van der Waals surface area (Å²) in [5.41, 5.74) is 14.8. The van der Waals surface area contributed by atoms with Crippen molar-refractivity contribution in [3.05, 3.63) is 94.4 Å². The van der Waals surface area contributed by atoms with Gasteiger partial charge in [-0.3, -0.25) is 14.7 Å². The van der Waals surface area contributed by atoms with E-state index in [0.717, 1.165) is 22.0 Å². The highest BCUT2D eigenvalue weighted by Crippen LogP contribution is 2.31. The number of rotatable bonds is 8. The molecule has 0 aliphatic carbocycles. The lowest BCUT2D eigenvalue weighted by atomic mass is 10.0. The molecule has 0 radical (unpaired) electrons. The first-order valence-electron chi connectivity index (χ1n) is 11.7. The van der Waals surface area contributed by atoms with Crippen LogP contribution in [0, 0.1) is 0 Å². The van der Waals surface area contributed by atoms with Crippen LogP contribution in [0.2, 0.25) is 5.15 Å². The van der Waals surface area contributed by atoms with E-state index in [1.807, 2.05) is 48.5 Å². The predicted octanol–water partition coefficient (Wildman–Crippen LogP) is 4.01. The Kier molecular flexibility index (Phi) is 6.71. The molecule has 0 aliphatic heterocycles. The van der Waals surface area contributed by atoms with Crippen LogP contribution in [-0.4, -0.2) is 39.1 Å². The molecule has 3 aromatic carbocycles. The van der Waals surface area contributed by atoms with Crippen LogP contribution in [0.3, 0.4) is 0 Å². The largest absolute Gasteiger partial charge is 0.496 e. The van der Waals surface area contributed by atoms with Crippen LogP contribution in [0.4, 0.5) is 5.82 Å². The molecule has 0 bridgehead atoms. The molecule has 5 rings (SSSR count). The van der Waals surface area contributed by atoms with Gasteiger partial charge in [0.2, 0.25) is 0 Å². The number of nitrogens with zero attached hydrogens (tertiary/aromatic N) is 2. The number of aromatic amines is 2. The lowest BCUT2D eigenvalue weighted by Gasteiger charge is -2.18. The van der Waals surface area contributed by atoms with Crippen molar-refractivity contribution in [1.29, 1.82) is 0 Å². The van der Waals surface area contributed by atoms with Crippen LogP contribution in [0.25, 0.3) is 22.2 Å². The van der Waals surface area contributed by atoms with Gasteiger partial charge in [0.25, 0.3) is 11.8 Å². The van der Waals surface area contributed by atoms with E-state index >= 15 is 0 Å². The molecule has 192 valence electrons. The van der Waals surface area contributed by atoms with Crippen molar-refractivity contribution in [1.82, 2.24) is 25.5 Å². The summed E-state index contributed by atoms with van der Waals surface area (Å²) in [4.78, 5) is 32.8. The third-order valence-corrected chi connectivity index (χ3v) is 6.46. The molecule has 2 amide bonds. The van der Waals surface area contributed by atoms with Crippen molar-refractivity contribution in [3.63, 3.8) is 0 Å². The summed E-state index contributed by atoms with van der Waals surface area (Å²) in [6.07, 6.45) is 0.447. The molecule has 38 heavy (non-hydrogen) atoms. The van der Waals surface area contributed by atoms with Crippen molar-refractivity contribution in [2.45, 2.75) is 12.5 Å². The summed E-state index contributed by atoms with van der Waals surface area (Å²) < 4.78 is 5.25. The molecule has 11 heteroatoms. The van der Waals surface area contributed by atoms with Gasteiger partial charge >= 0.3 is 0 Å². The Morgan fingerprint density at radius 1 is 1.11 bits per heavy atom. The fraction of sp³-hybridized carbons (Fsp3) is 0.111. The molecule has 2 heterocycles. The van der Waals surface area contributed by atoms with Gasteiger partial charge in [0, 0.05) is 16.5 Å². The van der Waals surface area contributed by atoms with Crippen molar-refractivity contribution in [3.8, 4) is 17.0 Å². The number of ether oxygens (including phenoxy) is 1. The molecule has 2 aromatic heterocycles. The average molecular weight is 530 g/mol. The Labute approximate surface area is 222 Å². The van der Waals surface area contributed by atoms with Gasteiger partial charge in [0.05, 0.1) is 24.2 Å². The number of carbonyl (C=O) groups is 2. The topological polar surface area (TPSA) is 165 Å². The molecule has 0 fully saturated rings. The fourth-order valence-corrected chi connectivity index (χ4v) is 4.51. The number of primary amides is 1. The number of amides is 2.